The van der Waals surface area contributed by atoms with Crippen molar-refractivity contribution in [2.75, 3.05) is 27.2 Å². The first kappa shape index (κ1) is 6.55. The van der Waals surface area contributed by atoms with E-state index in [9.17, 15) is 0 Å². The summed E-state index contributed by atoms with van der Waals surface area (Å²) in [6, 6.07) is 0. The molecule has 1 heterocycles. The summed E-state index contributed by atoms with van der Waals surface area (Å²) >= 11 is 0. The SMILES string of the molecule is CO[N+]1=C(C)[NH+](C)CC1. The Balaban J connectivity index is 2.68. The number of nitrogens with one attached hydrogen (secondary N) is 1. The summed E-state index contributed by atoms with van der Waals surface area (Å²) in [6.45, 7) is 4.26. The third-order valence-electron chi connectivity index (χ3n) is 1.90. The zero-order chi connectivity index (χ0) is 6.85. The van der Waals surface area contributed by atoms with Crippen molar-refractivity contribution in [3.05, 3.63) is 0 Å². The average Bonchev–Trinajstić information content (AvgIpc) is 2.15. The molecule has 0 spiro atoms. The van der Waals surface area contributed by atoms with Crippen molar-refractivity contribution < 1.29 is 14.5 Å². The monoisotopic (exact) mass is 130 g/mol. The van der Waals surface area contributed by atoms with E-state index in [2.05, 4.69) is 14.0 Å². The molecule has 1 atom stereocenters. The molecule has 0 fully saturated rings. The molecular weight excluding hydrogens is 116 g/mol. The fourth-order valence-electron chi connectivity index (χ4n) is 1.06. The van der Waals surface area contributed by atoms with Gasteiger partial charge in [0, 0.05) is 4.74 Å². The lowest BCUT2D eigenvalue weighted by Gasteiger charge is -1.94. The second kappa shape index (κ2) is 2.35. The number of likely N-dealkylation sites (N-methyl/N-ethyl adjacent to an activating group) is 1. The highest BCUT2D eigenvalue weighted by Gasteiger charge is 2.29. The maximum atomic E-state index is 5.07. The summed E-state index contributed by atoms with van der Waals surface area (Å²) < 4.78 is 1.93. The van der Waals surface area contributed by atoms with E-state index in [-0.39, 0.29) is 0 Å². The highest BCUT2D eigenvalue weighted by molar-refractivity contribution is 5.64. The van der Waals surface area contributed by atoms with E-state index in [1.54, 1.807) is 7.11 Å². The van der Waals surface area contributed by atoms with E-state index in [1.165, 1.54) is 10.7 Å². The van der Waals surface area contributed by atoms with Crippen LogP contribution in [0.3, 0.4) is 0 Å². The number of quaternary nitrogens is 1. The molecule has 0 aliphatic carbocycles. The molecule has 1 aliphatic heterocycles. The van der Waals surface area contributed by atoms with Crippen LogP contribution in [0.15, 0.2) is 0 Å². The molecule has 52 valence electrons. The van der Waals surface area contributed by atoms with Gasteiger partial charge in [0.25, 0.3) is 0 Å². The molecule has 1 rings (SSSR count). The summed E-state index contributed by atoms with van der Waals surface area (Å²) in [5, 5.41) is 0. The van der Waals surface area contributed by atoms with Crippen LogP contribution in [-0.4, -0.2) is 37.8 Å². The van der Waals surface area contributed by atoms with Crippen LogP contribution in [0.25, 0.3) is 0 Å². The van der Waals surface area contributed by atoms with Crippen LogP contribution < -0.4 is 4.90 Å². The van der Waals surface area contributed by atoms with Crippen molar-refractivity contribution in [2.45, 2.75) is 6.92 Å². The molecule has 0 aromatic heterocycles. The molecular formula is C6H14N2O+2. The largest absolute Gasteiger partial charge is 0.381 e. The van der Waals surface area contributed by atoms with E-state index in [1.807, 2.05) is 4.74 Å². The molecule has 3 nitrogen and oxygen atoms in total. The van der Waals surface area contributed by atoms with Gasteiger partial charge in [0.2, 0.25) is 6.54 Å². The van der Waals surface area contributed by atoms with Crippen molar-refractivity contribution >= 4 is 5.84 Å². The standard InChI is InChI=1S/C6H13N2O/c1-6-7(2)4-5-8(6)9-3/h4-5H2,1-3H3/q+1/p+1. The number of nitrogens with zero attached hydrogens (tertiary/aromatic N) is 1. The van der Waals surface area contributed by atoms with E-state index in [4.69, 9.17) is 4.84 Å². The third kappa shape index (κ3) is 1.05. The summed E-state index contributed by atoms with van der Waals surface area (Å²) in [5.41, 5.74) is 0. The second-order valence-electron chi connectivity index (χ2n) is 2.40. The lowest BCUT2D eigenvalue weighted by Crippen LogP contribution is -3.10. The van der Waals surface area contributed by atoms with E-state index in [0.29, 0.717) is 0 Å². The molecule has 1 unspecified atom stereocenters. The maximum absolute atomic E-state index is 5.07. The number of amidine groups is 1. The first-order valence-corrected chi connectivity index (χ1v) is 3.23. The normalized spacial score (nSPS) is 27.2. The van der Waals surface area contributed by atoms with Crippen LogP contribution in [0.5, 0.6) is 0 Å². The summed E-state index contributed by atoms with van der Waals surface area (Å²) in [4.78, 5) is 6.51. The summed E-state index contributed by atoms with van der Waals surface area (Å²) in [6.07, 6.45) is 0. The van der Waals surface area contributed by atoms with Crippen molar-refractivity contribution in [3.63, 3.8) is 0 Å². The van der Waals surface area contributed by atoms with Crippen LogP contribution in [0.2, 0.25) is 0 Å². The van der Waals surface area contributed by atoms with E-state index < -0.39 is 0 Å². The van der Waals surface area contributed by atoms with Gasteiger partial charge in [0.15, 0.2) is 6.54 Å². The predicted octanol–water partition coefficient (Wildman–Crippen LogP) is -1.49. The Bertz CT molecular complexity index is 142. The lowest BCUT2D eigenvalue weighted by atomic mass is 10.6. The molecule has 0 bridgehead atoms. The fourth-order valence-corrected chi connectivity index (χ4v) is 1.06. The van der Waals surface area contributed by atoms with Gasteiger partial charge in [-0.3, -0.25) is 4.84 Å². The number of hydrogen-bond donors (Lipinski definition) is 1. The van der Waals surface area contributed by atoms with Gasteiger partial charge in [-0.05, 0) is 0 Å². The minimum absolute atomic E-state index is 1.02. The summed E-state index contributed by atoms with van der Waals surface area (Å²) in [5.74, 6) is 1.28. The van der Waals surface area contributed by atoms with Crippen LogP contribution in [0, 0.1) is 0 Å². The summed E-state index contributed by atoms with van der Waals surface area (Å²) in [7, 11) is 3.86. The van der Waals surface area contributed by atoms with Gasteiger partial charge < -0.3 is 0 Å². The molecule has 9 heavy (non-hydrogen) atoms. The maximum Gasteiger partial charge on any atom is 0.381 e. The van der Waals surface area contributed by atoms with Gasteiger partial charge in [-0.25, -0.2) is 4.90 Å². The zero-order valence-corrected chi connectivity index (χ0v) is 6.27. The Labute approximate surface area is 55.5 Å². The molecule has 0 aromatic rings. The van der Waals surface area contributed by atoms with Crippen molar-refractivity contribution in [1.29, 1.82) is 0 Å². The van der Waals surface area contributed by atoms with Crippen molar-refractivity contribution in [1.82, 2.24) is 0 Å². The average molecular weight is 130 g/mol. The highest BCUT2D eigenvalue weighted by atomic mass is 16.7. The van der Waals surface area contributed by atoms with Crippen molar-refractivity contribution in [3.8, 4) is 0 Å². The highest BCUT2D eigenvalue weighted by Crippen LogP contribution is 1.79. The molecule has 0 saturated heterocycles. The first-order chi connectivity index (χ1) is 4.25. The van der Waals surface area contributed by atoms with Gasteiger partial charge in [-0.15, -0.1) is 0 Å². The number of rotatable bonds is 1. The Kier molecular flexibility index (Phi) is 1.71. The Morgan fingerprint density at radius 3 is 2.56 bits per heavy atom. The number of hydrogen-bond acceptors (Lipinski definition) is 1. The second-order valence-corrected chi connectivity index (χ2v) is 2.40. The van der Waals surface area contributed by atoms with Gasteiger partial charge in [-0.2, -0.15) is 0 Å². The minimum atomic E-state index is 1.02. The van der Waals surface area contributed by atoms with Crippen LogP contribution in [0.4, 0.5) is 0 Å². The topological polar surface area (TPSA) is 16.7 Å². The third-order valence-corrected chi connectivity index (χ3v) is 1.90. The van der Waals surface area contributed by atoms with Crippen LogP contribution in [-0.2, 0) is 4.84 Å². The zero-order valence-electron chi connectivity index (χ0n) is 6.27. The Hall–Kier alpha value is -0.570. The molecule has 0 aromatic carbocycles. The van der Waals surface area contributed by atoms with E-state index in [0.717, 1.165) is 13.1 Å². The molecule has 1 N–H and O–H groups in total. The van der Waals surface area contributed by atoms with Crippen LogP contribution in [0.1, 0.15) is 6.92 Å². The first-order valence-electron chi connectivity index (χ1n) is 3.23. The Morgan fingerprint density at radius 2 is 2.33 bits per heavy atom. The molecule has 0 radical (unpaired) electrons. The van der Waals surface area contributed by atoms with Gasteiger partial charge in [0.1, 0.15) is 7.11 Å². The smallest absolute Gasteiger partial charge is 0.275 e. The van der Waals surface area contributed by atoms with Crippen LogP contribution >= 0.6 is 0 Å². The van der Waals surface area contributed by atoms with Gasteiger partial charge in [-0.1, -0.05) is 0 Å². The van der Waals surface area contributed by atoms with Gasteiger partial charge >= 0.3 is 5.84 Å². The molecule has 1 aliphatic rings. The van der Waals surface area contributed by atoms with Gasteiger partial charge in [0.05, 0.1) is 14.0 Å². The van der Waals surface area contributed by atoms with Crippen molar-refractivity contribution in [2.24, 2.45) is 0 Å². The molecule has 0 saturated carbocycles. The van der Waals surface area contributed by atoms with E-state index >= 15 is 0 Å². The quantitative estimate of drug-likeness (QED) is 0.428. The number of hydroxylamine groups is 1. The fraction of sp³-hybridized carbons (Fsp3) is 0.833. The lowest BCUT2D eigenvalue weighted by molar-refractivity contribution is -0.805. The predicted molar refractivity (Wildman–Crippen MR) is 34.6 cm³/mol. The minimum Gasteiger partial charge on any atom is -0.275 e. The molecule has 0 amide bonds. The Morgan fingerprint density at radius 1 is 1.67 bits per heavy atom. The molecule has 3 heteroatoms.